The van der Waals surface area contributed by atoms with Crippen molar-refractivity contribution in [3.8, 4) is 0 Å². The summed E-state index contributed by atoms with van der Waals surface area (Å²) in [6.07, 6.45) is 6.89. The highest BCUT2D eigenvalue weighted by atomic mass is 15.3. The second-order valence-corrected chi connectivity index (χ2v) is 6.43. The Labute approximate surface area is 124 Å². The smallest absolute Gasteiger partial charge is 0.0644 e. The Balaban J connectivity index is 2.19. The Morgan fingerprint density at radius 3 is 2.30 bits per heavy atom. The van der Waals surface area contributed by atoms with E-state index in [1.807, 2.05) is 4.68 Å². The third-order valence-corrected chi connectivity index (χ3v) is 5.24. The molecule has 0 aromatic carbocycles. The maximum atomic E-state index is 4.62. The van der Waals surface area contributed by atoms with Crippen molar-refractivity contribution in [2.24, 2.45) is 18.9 Å². The number of aromatic nitrogens is 2. The molecule has 1 aliphatic rings. The van der Waals surface area contributed by atoms with Crippen molar-refractivity contribution in [1.82, 2.24) is 15.1 Å². The lowest BCUT2D eigenvalue weighted by molar-refractivity contribution is 0.219. The molecule has 1 aromatic heterocycles. The number of aryl methyl sites for hydroxylation is 2. The van der Waals surface area contributed by atoms with Crippen LogP contribution < -0.4 is 5.32 Å². The van der Waals surface area contributed by atoms with Gasteiger partial charge in [0.25, 0.3) is 0 Å². The average molecular weight is 277 g/mol. The third kappa shape index (κ3) is 3.08. The van der Waals surface area contributed by atoms with E-state index in [9.17, 15) is 0 Å². The fraction of sp³-hybridized carbons (Fsp3) is 0.824. The summed E-state index contributed by atoms with van der Waals surface area (Å²) in [7, 11) is 2.06. The SMILES string of the molecule is CCNC(c1c(C)nn(C)c1C)C1CCC(CC)CC1. The monoisotopic (exact) mass is 277 g/mol. The Hall–Kier alpha value is -0.830. The molecule has 0 bridgehead atoms. The lowest BCUT2D eigenvalue weighted by atomic mass is 9.75. The van der Waals surface area contributed by atoms with Gasteiger partial charge in [-0.1, -0.05) is 33.1 Å². The molecule has 2 rings (SSSR count). The summed E-state index contributed by atoms with van der Waals surface area (Å²) in [5.41, 5.74) is 3.98. The van der Waals surface area contributed by atoms with Crippen LogP contribution in [0.15, 0.2) is 0 Å². The van der Waals surface area contributed by atoms with Gasteiger partial charge in [0.15, 0.2) is 0 Å². The molecule has 0 radical (unpaired) electrons. The van der Waals surface area contributed by atoms with Crippen LogP contribution in [0.4, 0.5) is 0 Å². The van der Waals surface area contributed by atoms with E-state index in [4.69, 9.17) is 0 Å². The van der Waals surface area contributed by atoms with E-state index in [0.717, 1.165) is 18.4 Å². The van der Waals surface area contributed by atoms with E-state index >= 15 is 0 Å². The van der Waals surface area contributed by atoms with Crippen LogP contribution in [0.1, 0.15) is 68.9 Å². The summed E-state index contributed by atoms with van der Waals surface area (Å²) in [5, 5.41) is 8.36. The molecule has 0 spiro atoms. The van der Waals surface area contributed by atoms with Crippen molar-refractivity contribution in [3.63, 3.8) is 0 Å². The first-order valence-electron chi connectivity index (χ1n) is 8.31. The molecule has 0 aliphatic heterocycles. The number of rotatable bonds is 5. The second kappa shape index (κ2) is 6.75. The van der Waals surface area contributed by atoms with Gasteiger partial charge in [-0.25, -0.2) is 0 Å². The van der Waals surface area contributed by atoms with E-state index in [1.165, 1.54) is 49.1 Å². The highest BCUT2D eigenvalue weighted by molar-refractivity contribution is 5.29. The van der Waals surface area contributed by atoms with Crippen molar-refractivity contribution in [1.29, 1.82) is 0 Å². The van der Waals surface area contributed by atoms with Gasteiger partial charge < -0.3 is 5.32 Å². The minimum atomic E-state index is 0.492. The zero-order valence-electron chi connectivity index (χ0n) is 13.9. The molecule has 1 heterocycles. The van der Waals surface area contributed by atoms with Gasteiger partial charge in [0.05, 0.1) is 5.69 Å². The van der Waals surface area contributed by atoms with Crippen molar-refractivity contribution in [2.45, 2.75) is 65.8 Å². The van der Waals surface area contributed by atoms with Crippen LogP contribution in [0.25, 0.3) is 0 Å². The van der Waals surface area contributed by atoms with Crippen LogP contribution in [-0.2, 0) is 7.05 Å². The Morgan fingerprint density at radius 2 is 1.85 bits per heavy atom. The van der Waals surface area contributed by atoms with E-state index in [0.29, 0.717) is 6.04 Å². The number of nitrogens with one attached hydrogen (secondary N) is 1. The van der Waals surface area contributed by atoms with Crippen molar-refractivity contribution in [2.75, 3.05) is 6.54 Å². The van der Waals surface area contributed by atoms with Crippen molar-refractivity contribution >= 4 is 0 Å². The predicted molar refractivity (Wildman–Crippen MR) is 84.8 cm³/mol. The van der Waals surface area contributed by atoms with Gasteiger partial charge in [-0.2, -0.15) is 5.10 Å². The zero-order chi connectivity index (χ0) is 14.7. The van der Waals surface area contributed by atoms with Crippen LogP contribution in [0, 0.1) is 25.7 Å². The predicted octanol–water partition coefficient (Wildman–Crippen LogP) is 3.90. The standard InChI is InChI=1S/C17H31N3/c1-6-14-8-10-15(11-9-14)17(18-7-2)16-12(3)19-20(5)13(16)4/h14-15,17-18H,6-11H2,1-5H3. The highest BCUT2D eigenvalue weighted by Gasteiger charge is 2.30. The van der Waals surface area contributed by atoms with Crippen LogP contribution in [0.2, 0.25) is 0 Å². The largest absolute Gasteiger partial charge is 0.310 e. The number of hydrogen-bond acceptors (Lipinski definition) is 2. The molecule has 1 N–H and O–H groups in total. The first-order chi connectivity index (χ1) is 9.58. The van der Waals surface area contributed by atoms with E-state index < -0.39 is 0 Å². The molecular formula is C17H31N3. The Bertz CT molecular complexity index is 428. The van der Waals surface area contributed by atoms with Gasteiger partial charge in [0, 0.05) is 24.3 Å². The molecule has 1 saturated carbocycles. The van der Waals surface area contributed by atoms with E-state index in [2.05, 4.69) is 45.2 Å². The van der Waals surface area contributed by atoms with E-state index in [-0.39, 0.29) is 0 Å². The lowest BCUT2D eigenvalue weighted by Gasteiger charge is -2.34. The van der Waals surface area contributed by atoms with Gasteiger partial charge in [-0.15, -0.1) is 0 Å². The third-order valence-electron chi connectivity index (χ3n) is 5.24. The van der Waals surface area contributed by atoms with Crippen LogP contribution >= 0.6 is 0 Å². The van der Waals surface area contributed by atoms with Gasteiger partial charge in [-0.05, 0) is 45.1 Å². The van der Waals surface area contributed by atoms with Crippen LogP contribution in [0.3, 0.4) is 0 Å². The molecule has 0 amide bonds. The van der Waals surface area contributed by atoms with Gasteiger partial charge >= 0.3 is 0 Å². The molecule has 3 heteroatoms. The van der Waals surface area contributed by atoms with Crippen LogP contribution in [0.5, 0.6) is 0 Å². The molecule has 1 aromatic rings. The molecule has 20 heavy (non-hydrogen) atoms. The first-order valence-corrected chi connectivity index (χ1v) is 8.31. The fourth-order valence-electron chi connectivity index (χ4n) is 3.89. The second-order valence-electron chi connectivity index (χ2n) is 6.43. The summed E-state index contributed by atoms with van der Waals surface area (Å²) in [4.78, 5) is 0. The molecule has 114 valence electrons. The topological polar surface area (TPSA) is 29.9 Å². The molecule has 3 nitrogen and oxygen atoms in total. The summed E-state index contributed by atoms with van der Waals surface area (Å²) < 4.78 is 2.03. The molecule has 0 saturated heterocycles. The van der Waals surface area contributed by atoms with E-state index in [1.54, 1.807) is 0 Å². The van der Waals surface area contributed by atoms with Gasteiger partial charge in [-0.3, -0.25) is 4.68 Å². The van der Waals surface area contributed by atoms with Crippen LogP contribution in [-0.4, -0.2) is 16.3 Å². The molecular weight excluding hydrogens is 246 g/mol. The molecule has 1 atom stereocenters. The number of nitrogens with zero attached hydrogens (tertiary/aromatic N) is 2. The van der Waals surface area contributed by atoms with Gasteiger partial charge in [0.2, 0.25) is 0 Å². The highest BCUT2D eigenvalue weighted by Crippen LogP contribution is 2.39. The quantitative estimate of drug-likeness (QED) is 0.884. The minimum Gasteiger partial charge on any atom is -0.310 e. The maximum Gasteiger partial charge on any atom is 0.0644 e. The summed E-state index contributed by atoms with van der Waals surface area (Å²) in [5.74, 6) is 1.74. The van der Waals surface area contributed by atoms with Crippen molar-refractivity contribution < 1.29 is 0 Å². The molecule has 1 unspecified atom stereocenters. The lowest BCUT2D eigenvalue weighted by Crippen LogP contribution is -2.31. The maximum absolute atomic E-state index is 4.62. The summed E-state index contributed by atoms with van der Waals surface area (Å²) in [6.45, 7) is 9.95. The number of hydrogen-bond donors (Lipinski definition) is 1. The van der Waals surface area contributed by atoms with Gasteiger partial charge in [0.1, 0.15) is 0 Å². The Morgan fingerprint density at radius 1 is 1.20 bits per heavy atom. The summed E-state index contributed by atoms with van der Waals surface area (Å²) in [6, 6.07) is 0.492. The summed E-state index contributed by atoms with van der Waals surface area (Å²) >= 11 is 0. The molecule has 1 fully saturated rings. The fourth-order valence-corrected chi connectivity index (χ4v) is 3.89. The average Bonchev–Trinajstić information content (AvgIpc) is 2.70. The minimum absolute atomic E-state index is 0.492. The zero-order valence-corrected chi connectivity index (χ0v) is 13.9. The first kappa shape index (κ1) is 15.6. The normalized spacial score (nSPS) is 24.9. The van der Waals surface area contributed by atoms with Crippen molar-refractivity contribution in [3.05, 3.63) is 17.0 Å². The molecule has 1 aliphatic carbocycles. The Kier molecular flexibility index (Phi) is 5.25.